The Morgan fingerprint density at radius 3 is 2.75 bits per heavy atom. The minimum Gasteiger partial charge on any atom is -0.469 e. The first-order valence-corrected chi connectivity index (χ1v) is 5.14. The molecular formula is C12H14N2O2. The zero-order chi connectivity index (χ0) is 12.2. The minimum absolute atomic E-state index is 0.130. The van der Waals surface area contributed by atoms with Gasteiger partial charge in [0.15, 0.2) is 5.41 Å². The average Bonchev–Trinajstić information content (AvgIpc) is 2.31. The topological polar surface area (TPSA) is 73.9 Å². The molecule has 0 saturated heterocycles. The molecule has 1 aliphatic rings. The third kappa shape index (κ3) is 2.23. The highest BCUT2D eigenvalue weighted by Gasteiger charge is 2.43. The smallest absolute Gasteiger partial charge is 0.305 e. The number of carbonyl (C=O) groups is 1. The van der Waals surface area contributed by atoms with Gasteiger partial charge in [0.1, 0.15) is 0 Å². The molecule has 0 aromatic heterocycles. The summed E-state index contributed by atoms with van der Waals surface area (Å²) in [5.74, 6) is -0.618. The summed E-state index contributed by atoms with van der Waals surface area (Å²) in [6.45, 7) is 3.82. The number of methoxy groups -OCH3 is 1. The summed E-state index contributed by atoms with van der Waals surface area (Å²) >= 11 is 0. The fourth-order valence-electron chi connectivity index (χ4n) is 2.10. The van der Waals surface area contributed by atoms with Gasteiger partial charge in [-0.25, -0.2) is 0 Å². The second-order valence-corrected chi connectivity index (χ2v) is 4.14. The van der Waals surface area contributed by atoms with E-state index in [0.29, 0.717) is 12.8 Å². The maximum atomic E-state index is 11.2. The van der Waals surface area contributed by atoms with Crippen LogP contribution in [0.2, 0.25) is 0 Å². The van der Waals surface area contributed by atoms with E-state index in [1.54, 1.807) is 0 Å². The zero-order valence-corrected chi connectivity index (χ0v) is 9.32. The molecule has 0 N–H and O–H groups in total. The normalized spacial score (nSPS) is 22.9. The van der Waals surface area contributed by atoms with E-state index in [9.17, 15) is 4.79 Å². The van der Waals surface area contributed by atoms with Crippen molar-refractivity contribution in [3.63, 3.8) is 0 Å². The summed E-state index contributed by atoms with van der Waals surface area (Å²) in [5.41, 5.74) is -0.201. The highest BCUT2D eigenvalue weighted by molar-refractivity contribution is 5.69. The predicted octanol–water partition coefficient (Wildman–Crippen LogP) is 1.94. The highest BCUT2D eigenvalue weighted by Crippen LogP contribution is 2.44. The third-order valence-electron chi connectivity index (χ3n) is 3.11. The predicted molar refractivity (Wildman–Crippen MR) is 56.8 cm³/mol. The van der Waals surface area contributed by atoms with Gasteiger partial charge in [-0.1, -0.05) is 12.2 Å². The lowest BCUT2D eigenvalue weighted by Gasteiger charge is -2.33. The molecule has 0 aliphatic heterocycles. The van der Waals surface area contributed by atoms with Crippen molar-refractivity contribution in [3.05, 3.63) is 12.2 Å². The van der Waals surface area contributed by atoms with E-state index in [1.165, 1.54) is 7.11 Å². The Morgan fingerprint density at radius 1 is 1.62 bits per heavy atom. The summed E-state index contributed by atoms with van der Waals surface area (Å²) < 4.78 is 4.58. The van der Waals surface area contributed by atoms with Crippen LogP contribution in [0.4, 0.5) is 0 Å². The first kappa shape index (κ1) is 12.3. The molecule has 0 aromatic carbocycles. The summed E-state index contributed by atoms with van der Waals surface area (Å²) in [6.07, 6.45) is 1.91. The fourth-order valence-corrected chi connectivity index (χ4v) is 2.10. The van der Waals surface area contributed by atoms with Crippen LogP contribution in [0.5, 0.6) is 0 Å². The molecule has 1 unspecified atom stereocenters. The molecule has 0 amide bonds. The van der Waals surface area contributed by atoms with Crippen molar-refractivity contribution in [1.82, 2.24) is 0 Å². The summed E-state index contributed by atoms with van der Waals surface area (Å²) in [6, 6.07) is 4.09. The van der Waals surface area contributed by atoms with Crippen LogP contribution in [-0.4, -0.2) is 13.1 Å². The van der Waals surface area contributed by atoms with Crippen molar-refractivity contribution in [2.75, 3.05) is 7.11 Å². The summed E-state index contributed by atoms with van der Waals surface area (Å²) in [4.78, 5) is 11.2. The first-order valence-electron chi connectivity index (χ1n) is 5.14. The van der Waals surface area contributed by atoms with Crippen molar-refractivity contribution in [2.45, 2.75) is 25.7 Å². The average molecular weight is 218 g/mol. The van der Waals surface area contributed by atoms with E-state index in [0.717, 1.165) is 12.0 Å². The van der Waals surface area contributed by atoms with Crippen molar-refractivity contribution in [2.24, 2.45) is 11.3 Å². The first-order chi connectivity index (χ1) is 7.57. The zero-order valence-electron chi connectivity index (χ0n) is 9.32. The number of nitriles is 2. The monoisotopic (exact) mass is 218 g/mol. The lowest BCUT2D eigenvalue weighted by Crippen LogP contribution is -2.33. The molecule has 4 heteroatoms. The molecule has 1 aliphatic carbocycles. The van der Waals surface area contributed by atoms with Gasteiger partial charge in [0.25, 0.3) is 0 Å². The molecule has 1 rings (SSSR count). The molecule has 0 bridgehead atoms. The number of nitrogens with zero attached hydrogens (tertiary/aromatic N) is 2. The Balaban J connectivity index is 2.90. The van der Waals surface area contributed by atoms with Gasteiger partial charge in [-0.2, -0.15) is 10.5 Å². The Morgan fingerprint density at radius 2 is 2.25 bits per heavy atom. The van der Waals surface area contributed by atoms with E-state index in [2.05, 4.69) is 11.3 Å². The van der Waals surface area contributed by atoms with Crippen molar-refractivity contribution >= 4 is 5.97 Å². The van der Waals surface area contributed by atoms with Crippen molar-refractivity contribution in [3.8, 4) is 12.1 Å². The van der Waals surface area contributed by atoms with E-state index in [-0.39, 0.29) is 18.3 Å². The largest absolute Gasteiger partial charge is 0.469 e. The second kappa shape index (κ2) is 4.81. The Hall–Kier alpha value is -1.81. The molecule has 0 radical (unpaired) electrons. The molecule has 0 spiro atoms. The number of ether oxygens (including phenoxy) is 1. The van der Waals surface area contributed by atoms with E-state index in [1.807, 2.05) is 12.1 Å². The highest BCUT2D eigenvalue weighted by atomic mass is 16.5. The van der Waals surface area contributed by atoms with Gasteiger partial charge >= 0.3 is 5.97 Å². The van der Waals surface area contributed by atoms with E-state index in [4.69, 9.17) is 10.5 Å². The molecule has 84 valence electrons. The summed E-state index contributed by atoms with van der Waals surface area (Å²) in [7, 11) is 1.31. The number of hydrogen-bond acceptors (Lipinski definition) is 4. The van der Waals surface area contributed by atoms with Crippen molar-refractivity contribution < 1.29 is 9.53 Å². The molecule has 0 heterocycles. The molecule has 4 nitrogen and oxygen atoms in total. The van der Waals surface area contributed by atoms with Crippen LogP contribution in [-0.2, 0) is 9.53 Å². The Kier molecular flexibility index (Phi) is 3.68. The lowest BCUT2D eigenvalue weighted by molar-refractivity contribution is -0.142. The van der Waals surface area contributed by atoms with Crippen LogP contribution in [0, 0.1) is 34.0 Å². The molecule has 16 heavy (non-hydrogen) atoms. The lowest BCUT2D eigenvalue weighted by atomic mass is 9.65. The number of allylic oxidation sites excluding steroid dienone is 1. The van der Waals surface area contributed by atoms with Gasteiger partial charge in [-0.15, -0.1) is 0 Å². The maximum Gasteiger partial charge on any atom is 0.305 e. The minimum atomic E-state index is -1.11. The van der Waals surface area contributed by atoms with Gasteiger partial charge in [0, 0.05) is 12.3 Å². The van der Waals surface area contributed by atoms with Crippen LogP contribution in [0.3, 0.4) is 0 Å². The van der Waals surface area contributed by atoms with Crippen LogP contribution < -0.4 is 0 Å². The molecule has 1 atom stereocenters. The number of rotatable bonds is 2. The fraction of sp³-hybridized carbons (Fsp3) is 0.583. The molecule has 1 fully saturated rings. The quantitative estimate of drug-likeness (QED) is 0.524. The standard InChI is InChI=1S/C12H14N2O2/c1-9-3-4-10(5-11(15)16-2)12(6-9,7-13)8-14/h10H,1,3-6H2,2H3. The summed E-state index contributed by atoms with van der Waals surface area (Å²) in [5, 5.41) is 18.3. The van der Waals surface area contributed by atoms with Gasteiger partial charge in [-0.05, 0) is 12.8 Å². The Labute approximate surface area is 95.1 Å². The van der Waals surface area contributed by atoms with Gasteiger partial charge in [-0.3, -0.25) is 4.79 Å². The number of hydrogen-bond donors (Lipinski definition) is 0. The SMILES string of the molecule is C=C1CCC(CC(=O)OC)C(C#N)(C#N)C1. The van der Waals surface area contributed by atoms with Crippen LogP contribution in [0.15, 0.2) is 12.2 Å². The second-order valence-electron chi connectivity index (χ2n) is 4.14. The van der Waals surface area contributed by atoms with Crippen LogP contribution >= 0.6 is 0 Å². The van der Waals surface area contributed by atoms with Crippen molar-refractivity contribution in [1.29, 1.82) is 10.5 Å². The van der Waals surface area contributed by atoms with Gasteiger partial charge in [0.05, 0.1) is 25.7 Å². The number of carbonyl (C=O) groups excluding carboxylic acids is 1. The van der Waals surface area contributed by atoms with E-state index < -0.39 is 5.41 Å². The van der Waals surface area contributed by atoms with Crippen LogP contribution in [0.25, 0.3) is 0 Å². The maximum absolute atomic E-state index is 11.2. The van der Waals surface area contributed by atoms with E-state index >= 15 is 0 Å². The molecule has 0 aromatic rings. The third-order valence-corrected chi connectivity index (χ3v) is 3.11. The van der Waals surface area contributed by atoms with Gasteiger partial charge in [0.2, 0.25) is 0 Å². The number of esters is 1. The van der Waals surface area contributed by atoms with Gasteiger partial charge < -0.3 is 4.74 Å². The molecular weight excluding hydrogens is 204 g/mol. The van der Waals surface area contributed by atoms with Crippen LogP contribution in [0.1, 0.15) is 25.7 Å². The molecule has 1 saturated carbocycles. The Bertz CT molecular complexity index is 373.